The first-order chi connectivity index (χ1) is 13.8. The first-order valence-electron chi connectivity index (χ1n) is 10.0. The molecule has 0 bridgehead atoms. The highest BCUT2D eigenvalue weighted by atomic mass is 32.2. The monoisotopic (exact) mass is 427 g/mol. The molecule has 0 saturated heterocycles. The van der Waals surface area contributed by atoms with Gasteiger partial charge in [0.25, 0.3) is 0 Å². The van der Waals surface area contributed by atoms with Crippen LogP contribution in [0.1, 0.15) is 26.7 Å². The third kappa shape index (κ3) is 9.85. The van der Waals surface area contributed by atoms with E-state index in [2.05, 4.69) is 29.5 Å². The van der Waals surface area contributed by atoms with Crippen molar-refractivity contribution in [3.8, 4) is 11.5 Å². The van der Waals surface area contributed by atoms with Gasteiger partial charge in [0.15, 0.2) is 17.5 Å². The molecule has 0 aliphatic carbocycles. The van der Waals surface area contributed by atoms with Crippen molar-refractivity contribution in [3.63, 3.8) is 0 Å². The van der Waals surface area contributed by atoms with E-state index in [1.165, 1.54) is 6.26 Å². The van der Waals surface area contributed by atoms with Gasteiger partial charge in [-0.05, 0) is 24.5 Å². The van der Waals surface area contributed by atoms with E-state index >= 15 is 0 Å². The molecule has 0 amide bonds. The summed E-state index contributed by atoms with van der Waals surface area (Å²) in [7, 11) is -3.05. The Labute approximate surface area is 173 Å². The van der Waals surface area contributed by atoms with Crippen molar-refractivity contribution in [3.05, 3.63) is 18.2 Å². The third-order valence-electron chi connectivity index (χ3n) is 3.94. The summed E-state index contributed by atoms with van der Waals surface area (Å²) in [6.45, 7) is 7.69. The topological polar surface area (TPSA) is 98.2 Å². The summed E-state index contributed by atoms with van der Waals surface area (Å²) in [6.07, 6.45) is 2.84. The van der Waals surface area contributed by atoms with Crippen LogP contribution in [0.5, 0.6) is 11.5 Å². The number of guanidine groups is 1. The molecule has 0 spiro atoms. The lowest BCUT2D eigenvalue weighted by atomic mass is 10.2. The predicted molar refractivity (Wildman–Crippen MR) is 116 cm³/mol. The van der Waals surface area contributed by atoms with E-state index in [4.69, 9.17) is 14.2 Å². The number of aliphatic imine (C=N–C) groups is 1. The smallest absolute Gasteiger partial charge is 0.195 e. The molecular formula is C20H33N3O5S. The Morgan fingerprint density at radius 1 is 1.24 bits per heavy atom. The summed E-state index contributed by atoms with van der Waals surface area (Å²) in [5.74, 6) is 2.47. The van der Waals surface area contributed by atoms with E-state index in [-0.39, 0.29) is 12.3 Å². The molecule has 0 atom stereocenters. The third-order valence-corrected chi connectivity index (χ3v) is 4.89. The molecule has 0 saturated carbocycles. The lowest BCUT2D eigenvalue weighted by Gasteiger charge is -2.14. The highest BCUT2D eigenvalue weighted by molar-refractivity contribution is 7.90. The van der Waals surface area contributed by atoms with Crippen LogP contribution in [0.2, 0.25) is 0 Å². The lowest BCUT2D eigenvalue weighted by molar-refractivity contribution is 0.109. The minimum Gasteiger partial charge on any atom is -0.490 e. The zero-order valence-corrected chi connectivity index (χ0v) is 18.4. The number of hydrogen-bond donors (Lipinski definition) is 2. The Bertz CT molecular complexity index is 765. The molecule has 0 aromatic heterocycles. The van der Waals surface area contributed by atoms with Gasteiger partial charge >= 0.3 is 0 Å². The molecule has 2 N–H and O–H groups in total. The Morgan fingerprint density at radius 2 is 2.00 bits per heavy atom. The number of anilines is 1. The first-order valence-corrected chi connectivity index (χ1v) is 12.1. The molecule has 2 rings (SSSR count). The summed E-state index contributed by atoms with van der Waals surface area (Å²) < 4.78 is 39.8. The number of sulfone groups is 1. The lowest BCUT2D eigenvalue weighted by Crippen LogP contribution is -2.34. The highest BCUT2D eigenvalue weighted by Crippen LogP contribution is 2.32. The van der Waals surface area contributed by atoms with E-state index < -0.39 is 9.84 Å². The van der Waals surface area contributed by atoms with Gasteiger partial charge in [0.2, 0.25) is 0 Å². The van der Waals surface area contributed by atoms with Crippen molar-refractivity contribution in [2.45, 2.75) is 26.7 Å². The van der Waals surface area contributed by atoms with Crippen molar-refractivity contribution in [1.29, 1.82) is 0 Å². The van der Waals surface area contributed by atoms with E-state index in [1.54, 1.807) is 0 Å². The van der Waals surface area contributed by atoms with Crippen molar-refractivity contribution in [2.24, 2.45) is 10.9 Å². The number of rotatable bonds is 10. The fraction of sp³-hybridized carbons (Fsp3) is 0.650. The fourth-order valence-electron chi connectivity index (χ4n) is 2.55. The van der Waals surface area contributed by atoms with E-state index in [0.717, 1.165) is 30.9 Å². The zero-order valence-electron chi connectivity index (χ0n) is 17.6. The Morgan fingerprint density at radius 3 is 2.72 bits per heavy atom. The van der Waals surface area contributed by atoms with Crippen LogP contribution < -0.4 is 20.1 Å². The number of nitrogens with zero attached hydrogens (tertiary/aromatic N) is 1. The molecular weight excluding hydrogens is 394 g/mol. The number of ether oxygens (including phenoxy) is 3. The SMILES string of the molecule is CC(C)COCCCN=C(NCCS(C)(=O)=O)Nc1ccc2c(c1)OCCCO2. The van der Waals surface area contributed by atoms with Crippen LogP contribution in [0.15, 0.2) is 23.2 Å². The standard InChI is InChI=1S/C20H33N3O5S/c1-16(2)15-26-10-4-8-21-20(22-9-13-29(3,24)25)23-17-6-7-18-19(14-17)28-12-5-11-27-18/h6-7,14,16H,4-5,8-13,15H2,1-3H3,(H2,21,22,23). The molecule has 1 aromatic carbocycles. The van der Waals surface area contributed by atoms with Crippen LogP contribution in [-0.2, 0) is 14.6 Å². The maximum absolute atomic E-state index is 11.4. The van der Waals surface area contributed by atoms with E-state index in [0.29, 0.717) is 44.0 Å². The van der Waals surface area contributed by atoms with Gasteiger partial charge in [-0.2, -0.15) is 0 Å². The largest absolute Gasteiger partial charge is 0.490 e. The number of fused-ring (bicyclic) bond motifs is 1. The molecule has 164 valence electrons. The van der Waals surface area contributed by atoms with Gasteiger partial charge in [-0.3, -0.25) is 4.99 Å². The quantitative estimate of drug-likeness (QED) is 0.336. The summed E-state index contributed by atoms with van der Waals surface area (Å²) in [5.41, 5.74) is 0.788. The minimum absolute atomic E-state index is 0.0341. The van der Waals surface area contributed by atoms with E-state index in [1.807, 2.05) is 18.2 Å². The maximum Gasteiger partial charge on any atom is 0.195 e. The van der Waals surface area contributed by atoms with Gasteiger partial charge in [0.05, 0.1) is 19.0 Å². The number of nitrogens with one attached hydrogen (secondary N) is 2. The molecule has 1 aliphatic rings. The van der Waals surface area contributed by atoms with Crippen molar-refractivity contribution >= 4 is 21.5 Å². The Kier molecular flexibility index (Phi) is 9.53. The molecule has 0 unspecified atom stereocenters. The maximum atomic E-state index is 11.4. The van der Waals surface area contributed by atoms with Crippen LogP contribution >= 0.6 is 0 Å². The average Bonchev–Trinajstić information content (AvgIpc) is 2.88. The van der Waals surface area contributed by atoms with Crippen LogP contribution in [0, 0.1) is 5.92 Å². The van der Waals surface area contributed by atoms with Gasteiger partial charge in [0, 0.05) is 50.7 Å². The van der Waals surface area contributed by atoms with Gasteiger partial charge < -0.3 is 24.8 Å². The molecule has 9 heteroatoms. The van der Waals surface area contributed by atoms with Crippen LogP contribution in [0.25, 0.3) is 0 Å². The van der Waals surface area contributed by atoms with Crippen LogP contribution in [0.3, 0.4) is 0 Å². The van der Waals surface area contributed by atoms with Crippen molar-refractivity contribution in [1.82, 2.24) is 5.32 Å². The number of hydrogen-bond acceptors (Lipinski definition) is 6. The summed E-state index contributed by atoms with van der Waals surface area (Å²) >= 11 is 0. The summed E-state index contributed by atoms with van der Waals surface area (Å²) in [5, 5.41) is 6.29. The molecule has 0 radical (unpaired) electrons. The Balaban J connectivity index is 1.96. The van der Waals surface area contributed by atoms with E-state index in [9.17, 15) is 8.42 Å². The molecule has 29 heavy (non-hydrogen) atoms. The van der Waals surface area contributed by atoms with Crippen LogP contribution in [-0.4, -0.2) is 65.9 Å². The summed E-state index contributed by atoms with van der Waals surface area (Å²) in [6, 6.07) is 5.60. The second-order valence-corrected chi connectivity index (χ2v) is 9.71. The van der Waals surface area contributed by atoms with Crippen molar-refractivity contribution in [2.75, 3.05) is 56.8 Å². The molecule has 8 nitrogen and oxygen atoms in total. The molecule has 1 heterocycles. The predicted octanol–water partition coefficient (Wildman–Crippen LogP) is 2.31. The minimum atomic E-state index is -3.05. The summed E-state index contributed by atoms with van der Waals surface area (Å²) in [4.78, 5) is 4.53. The normalized spacial score (nSPS) is 14.6. The van der Waals surface area contributed by atoms with Gasteiger partial charge in [-0.15, -0.1) is 0 Å². The van der Waals surface area contributed by atoms with Crippen LogP contribution in [0.4, 0.5) is 5.69 Å². The van der Waals surface area contributed by atoms with Gasteiger partial charge in [-0.25, -0.2) is 8.42 Å². The second kappa shape index (κ2) is 11.9. The molecule has 1 aromatic rings. The highest BCUT2D eigenvalue weighted by Gasteiger charge is 2.12. The fourth-order valence-corrected chi connectivity index (χ4v) is 3.02. The van der Waals surface area contributed by atoms with Crippen molar-refractivity contribution < 1.29 is 22.6 Å². The first kappa shape index (κ1) is 23.3. The van der Waals surface area contributed by atoms with Gasteiger partial charge in [-0.1, -0.05) is 13.8 Å². The van der Waals surface area contributed by atoms with Gasteiger partial charge in [0.1, 0.15) is 9.84 Å². The Hall–Kier alpha value is -2.00. The second-order valence-electron chi connectivity index (χ2n) is 7.45. The molecule has 1 aliphatic heterocycles. The zero-order chi connectivity index (χ0) is 21.1. The molecule has 0 fully saturated rings. The average molecular weight is 428 g/mol. The number of benzene rings is 1.